The highest BCUT2D eigenvalue weighted by molar-refractivity contribution is 6.12. The molecule has 0 unspecified atom stereocenters. The van der Waals surface area contributed by atoms with E-state index in [4.69, 9.17) is 9.40 Å². The third-order valence-corrected chi connectivity index (χ3v) is 10.0. The minimum Gasteiger partial charge on any atom is -0.432 e. The van der Waals surface area contributed by atoms with E-state index in [2.05, 4.69) is 154 Å². The second-order valence-electron chi connectivity index (χ2n) is 12.8. The third-order valence-electron chi connectivity index (χ3n) is 10.0. The molecule has 0 atom stereocenters. The van der Waals surface area contributed by atoms with Crippen molar-refractivity contribution >= 4 is 60.5 Å². The van der Waals surface area contributed by atoms with Gasteiger partial charge in [-0.3, -0.25) is 9.38 Å². The van der Waals surface area contributed by atoms with Crippen molar-refractivity contribution in [3.05, 3.63) is 164 Å². The molecule has 234 valence electrons. The number of hydrogen-bond donors (Lipinski definition) is 0. The van der Waals surface area contributed by atoms with Gasteiger partial charge in [0.15, 0.2) is 0 Å². The first kappa shape index (κ1) is 27.1. The lowest BCUT2D eigenvalue weighted by atomic mass is 10.0. The molecule has 6 nitrogen and oxygen atoms in total. The molecule has 0 N–H and O–H groups in total. The number of nitrogens with zero attached hydrogens (tertiary/aromatic N) is 5. The fourth-order valence-electron chi connectivity index (χ4n) is 7.78. The van der Waals surface area contributed by atoms with Crippen LogP contribution in [0.2, 0.25) is 0 Å². The van der Waals surface area contributed by atoms with Crippen LogP contribution in [0.15, 0.2) is 169 Å². The summed E-state index contributed by atoms with van der Waals surface area (Å²) >= 11 is 0. The molecule has 11 aromatic rings. The molecule has 0 saturated heterocycles. The Kier molecular flexibility index (Phi) is 5.57. The maximum Gasteiger partial charge on any atom is 0.306 e. The Balaban J connectivity index is 1.05. The van der Waals surface area contributed by atoms with Crippen molar-refractivity contribution < 1.29 is 4.42 Å². The number of fused-ring (bicyclic) bond motifs is 9. The van der Waals surface area contributed by atoms with E-state index >= 15 is 0 Å². The van der Waals surface area contributed by atoms with E-state index in [1.54, 1.807) is 6.26 Å². The van der Waals surface area contributed by atoms with Gasteiger partial charge in [-0.2, -0.15) is 4.98 Å². The fourth-order valence-corrected chi connectivity index (χ4v) is 7.78. The zero-order valence-electron chi connectivity index (χ0n) is 26.7. The first-order valence-electron chi connectivity index (χ1n) is 16.7. The number of oxazole rings is 1. The molecule has 0 fully saturated rings. The normalized spacial score (nSPS) is 12.0. The molecule has 50 heavy (non-hydrogen) atoms. The largest absolute Gasteiger partial charge is 0.432 e. The predicted molar refractivity (Wildman–Crippen MR) is 202 cm³/mol. The van der Waals surface area contributed by atoms with Crippen molar-refractivity contribution in [1.29, 1.82) is 0 Å². The van der Waals surface area contributed by atoms with Crippen molar-refractivity contribution in [3.63, 3.8) is 0 Å². The summed E-state index contributed by atoms with van der Waals surface area (Å²) in [5.74, 6) is 0.587. The molecule has 0 amide bonds. The summed E-state index contributed by atoms with van der Waals surface area (Å²) in [5, 5.41) is 4.97. The predicted octanol–water partition coefficient (Wildman–Crippen LogP) is 11.0. The molecule has 0 radical (unpaired) electrons. The maximum atomic E-state index is 5.51. The summed E-state index contributed by atoms with van der Waals surface area (Å²) in [6.45, 7) is 0. The van der Waals surface area contributed by atoms with Crippen LogP contribution in [0.4, 0.5) is 0 Å². The molecule has 6 aromatic carbocycles. The highest BCUT2D eigenvalue weighted by Crippen LogP contribution is 2.37. The van der Waals surface area contributed by atoms with E-state index in [9.17, 15) is 0 Å². The summed E-state index contributed by atoms with van der Waals surface area (Å²) < 4.78 is 12.2. The van der Waals surface area contributed by atoms with Gasteiger partial charge in [-0.15, -0.1) is 0 Å². The van der Waals surface area contributed by atoms with Crippen molar-refractivity contribution in [2.75, 3.05) is 0 Å². The SMILES string of the molecule is c1cc(-c2ccnc(-c3ccc4nc5occn5c4c3)c2)cc(-n2c3ccccc3c3cc(-n4c5ccccc5c5ccccc54)ccc32)c1. The monoisotopic (exact) mass is 641 g/mol. The Bertz CT molecular complexity index is 3070. The molecule has 5 aromatic heterocycles. The first-order chi connectivity index (χ1) is 24.8. The van der Waals surface area contributed by atoms with Crippen molar-refractivity contribution in [1.82, 2.24) is 23.5 Å². The van der Waals surface area contributed by atoms with Gasteiger partial charge >= 0.3 is 5.84 Å². The van der Waals surface area contributed by atoms with E-state index in [-0.39, 0.29) is 0 Å². The van der Waals surface area contributed by atoms with Crippen LogP contribution in [0.5, 0.6) is 0 Å². The van der Waals surface area contributed by atoms with Crippen LogP contribution in [0.3, 0.4) is 0 Å². The molecule has 0 spiro atoms. The van der Waals surface area contributed by atoms with Gasteiger partial charge < -0.3 is 13.6 Å². The van der Waals surface area contributed by atoms with E-state index in [0.29, 0.717) is 5.84 Å². The molecular formula is C44H27N5O. The van der Waals surface area contributed by atoms with Crippen molar-refractivity contribution in [2.24, 2.45) is 0 Å². The smallest absolute Gasteiger partial charge is 0.306 e. The molecule has 11 rings (SSSR count). The van der Waals surface area contributed by atoms with Crippen molar-refractivity contribution in [3.8, 4) is 33.8 Å². The molecule has 0 aliphatic carbocycles. The first-order valence-corrected chi connectivity index (χ1v) is 16.7. The van der Waals surface area contributed by atoms with Crippen LogP contribution < -0.4 is 0 Å². The quantitative estimate of drug-likeness (QED) is 0.192. The maximum absolute atomic E-state index is 5.51. The number of hydrogen-bond acceptors (Lipinski definition) is 3. The lowest BCUT2D eigenvalue weighted by Gasteiger charge is -2.12. The van der Waals surface area contributed by atoms with Crippen LogP contribution in [-0.2, 0) is 0 Å². The van der Waals surface area contributed by atoms with Gasteiger partial charge in [0.25, 0.3) is 0 Å². The lowest BCUT2D eigenvalue weighted by Crippen LogP contribution is -1.96. The zero-order valence-corrected chi connectivity index (χ0v) is 26.7. The van der Waals surface area contributed by atoms with E-state index in [1.165, 1.54) is 43.6 Å². The van der Waals surface area contributed by atoms with Gasteiger partial charge in [-0.25, -0.2) is 0 Å². The number of benzene rings is 6. The van der Waals surface area contributed by atoms with Crippen LogP contribution in [0.25, 0.3) is 94.2 Å². The van der Waals surface area contributed by atoms with Gasteiger partial charge in [0.2, 0.25) is 0 Å². The van der Waals surface area contributed by atoms with E-state index < -0.39 is 0 Å². The summed E-state index contributed by atoms with van der Waals surface area (Å²) in [6, 6.07) is 52.2. The van der Waals surface area contributed by atoms with E-state index in [1.807, 2.05) is 22.9 Å². The Morgan fingerprint density at radius 3 is 1.88 bits per heavy atom. The van der Waals surface area contributed by atoms with Crippen LogP contribution >= 0.6 is 0 Å². The number of pyridine rings is 1. The van der Waals surface area contributed by atoms with Gasteiger partial charge in [0.05, 0.1) is 38.8 Å². The summed E-state index contributed by atoms with van der Waals surface area (Å²) in [7, 11) is 0. The zero-order chi connectivity index (χ0) is 32.8. The highest BCUT2D eigenvalue weighted by Gasteiger charge is 2.17. The average Bonchev–Trinajstić information content (AvgIpc) is 3.94. The number of rotatable bonds is 4. The van der Waals surface area contributed by atoms with Gasteiger partial charge in [0.1, 0.15) is 6.26 Å². The molecule has 0 bridgehead atoms. The molecular weight excluding hydrogens is 615 g/mol. The van der Waals surface area contributed by atoms with Gasteiger partial charge in [-0.05, 0) is 83.9 Å². The fraction of sp³-hybridized carbons (Fsp3) is 0. The summed E-state index contributed by atoms with van der Waals surface area (Å²) in [5.41, 5.74) is 13.1. The Morgan fingerprint density at radius 2 is 1.12 bits per heavy atom. The van der Waals surface area contributed by atoms with Crippen molar-refractivity contribution in [2.45, 2.75) is 0 Å². The minimum absolute atomic E-state index is 0.587. The molecule has 0 saturated carbocycles. The Morgan fingerprint density at radius 1 is 0.460 bits per heavy atom. The minimum atomic E-state index is 0.587. The Hall–Kier alpha value is -6.92. The van der Waals surface area contributed by atoms with Gasteiger partial charge in [0, 0.05) is 50.9 Å². The van der Waals surface area contributed by atoms with E-state index in [0.717, 1.165) is 44.8 Å². The third kappa shape index (κ3) is 3.90. The number of imidazole rings is 1. The molecule has 6 heteroatoms. The highest BCUT2D eigenvalue weighted by atomic mass is 16.3. The summed E-state index contributed by atoms with van der Waals surface area (Å²) in [6.07, 6.45) is 5.44. The summed E-state index contributed by atoms with van der Waals surface area (Å²) in [4.78, 5) is 9.32. The molecule has 0 aliphatic rings. The van der Waals surface area contributed by atoms with Gasteiger partial charge in [-0.1, -0.05) is 72.8 Å². The molecule has 5 heterocycles. The molecule has 0 aliphatic heterocycles. The number of aromatic nitrogens is 5. The Labute approximate surface area is 285 Å². The second-order valence-corrected chi connectivity index (χ2v) is 12.8. The average molecular weight is 642 g/mol. The second kappa shape index (κ2) is 10.3. The standard InChI is InChI=1S/C44H27N5O/c1-4-13-39-33(10-1)34-11-2-5-14-40(34)49(39)32-17-19-42-36(27-32)35-12-3-6-15-41(35)48(42)31-9-7-8-28(24-31)29-20-21-45-38(25-29)30-16-18-37-43(26-30)47-22-23-50-44(47)46-37/h1-27H. The van der Waals surface area contributed by atoms with Crippen LogP contribution in [0.1, 0.15) is 0 Å². The van der Waals surface area contributed by atoms with Crippen LogP contribution in [0, 0.1) is 0 Å². The van der Waals surface area contributed by atoms with Crippen LogP contribution in [-0.4, -0.2) is 23.5 Å². The number of para-hydroxylation sites is 3. The topological polar surface area (TPSA) is 53.2 Å². The lowest BCUT2D eigenvalue weighted by molar-refractivity contribution is 0.597.